The second-order valence-corrected chi connectivity index (χ2v) is 14.9. The smallest absolute Gasteiger partial charge is 0.130 e. The Morgan fingerprint density at radius 1 is 0.442 bits per heavy atom. The van der Waals surface area contributed by atoms with Gasteiger partial charge in [-0.2, -0.15) is 0 Å². The molecule has 0 spiro atoms. The summed E-state index contributed by atoms with van der Waals surface area (Å²) in [5, 5.41) is 0. The largest absolute Gasteiger partial charge is 0.207 e. The molecule has 0 aromatic heterocycles. The van der Waals surface area contributed by atoms with Gasteiger partial charge in [0.25, 0.3) is 0 Å². The highest BCUT2D eigenvalue weighted by atomic mass is 19.1. The highest BCUT2D eigenvalue weighted by Crippen LogP contribution is 2.28. The van der Waals surface area contributed by atoms with Gasteiger partial charge in [-0.15, -0.1) is 0 Å². The van der Waals surface area contributed by atoms with E-state index in [-0.39, 0.29) is 5.56 Å². The van der Waals surface area contributed by atoms with Crippen molar-refractivity contribution in [3.63, 3.8) is 0 Å². The van der Waals surface area contributed by atoms with E-state index in [0.29, 0.717) is 17.4 Å². The Morgan fingerprint density at radius 3 is 1.19 bits per heavy atom. The van der Waals surface area contributed by atoms with Crippen molar-refractivity contribution in [2.24, 2.45) is 23.7 Å². The van der Waals surface area contributed by atoms with Gasteiger partial charge in [-0.3, -0.25) is 0 Å². The maximum Gasteiger partial charge on any atom is 0.130 e. The number of benzene rings is 4. The third-order valence-corrected chi connectivity index (χ3v) is 10.3. The summed E-state index contributed by atoms with van der Waals surface area (Å²) in [6.07, 6.45) is 10.1. The van der Waals surface area contributed by atoms with Crippen LogP contribution in [0.2, 0.25) is 0 Å². The average Bonchev–Trinajstić information content (AvgIpc) is 3.13. The fourth-order valence-electron chi connectivity index (χ4n) is 6.83. The van der Waals surface area contributed by atoms with Crippen molar-refractivity contribution in [3.8, 4) is 47.4 Å². The van der Waals surface area contributed by atoms with E-state index in [9.17, 15) is 8.78 Å². The van der Waals surface area contributed by atoms with Crippen molar-refractivity contribution in [3.05, 3.63) is 140 Å². The molecule has 2 aliphatic rings. The van der Waals surface area contributed by atoms with Gasteiger partial charge in [0.1, 0.15) is 11.6 Å². The third kappa shape index (κ3) is 11.5. The minimum atomic E-state index is -0.572. The van der Waals surface area contributed by atoms with E-state index in [0.717, 1.165) is 39.7 Å². The molecule has 4 aromatic rings. The predicted octanol–water partition coefficient (Wildman–Crippen LogP) is 12.0. The number of aryl methyl sites for hydroxylation is 3. The quantitative estimate of drug-likeness (QED) is 0.161. The summed E-state index contributed by atoms with van der Waals surface area (Å²) in [5.74, 6) is 27.5. The van der Waals surface area contributed by atoms with Gasteiger partial charge in [0.15, 0.2) is 0 Å². The van der Waals surface area contributed by atoms with Crippen LogP contribution in [-0.4, -0.2) is 0 Å². The molecular formula is C50H50F2. The van der Waals surface area contributed by atoms with Crippen LogP contribution in [0.1, 0.15) is 121 Å². The molecule has 6 rings (SSSR count). The van der Waals surface area contributed by atoms with Gasteiger partial charge in [0, 0.05) is 50.8 Å². The molecule has 0 amide bonds. The highest BCUT2D eigenvalue weighted by Gasteiger charge is 2.17. The Labute approximate surface area is 311 Å². The maximum atomic E-state index is 13.6. The molecule has 0 unspecified atom stereocenters. The van der Waals surface area contributed by atoms with E-state index in [1.165, 1.54) is 87.1 Å². The molecule has 52 heavy (non-hydrogen) atoms. The van der Waals surface area contributed by atoms with E-state index in [4.69, 9.17) is 0 Å². The third-order valence-electron chi connectivity index (χ3n) is 10.3. The van der Waals surface area contributed by atoms with Crippen molar-refractivity contribution < 1.29 is 8.78 Å². The van der Waals surface area contributed by atoms with Crippen molar-refractivity contribution in [1.29, 1.82) is 0 Å². The molecular weight excluding hydrogens is 639 g/mol. The van der Waals surface area contributed by atoms with E-state index < -0.39 is 11.6 Å². The fourth-order valence-corrected chi connectivity index (χ4v) is 6.83. The zero-order valence-electron chi connectivity index (χ0n) is 31.7. The molecule has 2 saturated carbocycles. The van der Waals surface area contributed by atoms with Crippen LogP contribution >= 0.6 is 0 Å². The summed E-state index contributed by atoms with van der Waals surface area (Å²) < 4.78 is 27.1. The SMILES string of the molecule is Cc1c(F)cc(C#Cc2ccc(C#CC3CCC(C)CC3)cc2)cc1F.Cc1cc(C)c(C#Cc2ccc(C#CC3CCC(C)CC3)cc2)c(C)c1. The van der Waals surface area contributed by atoms with Crippen molar-refractivity contribution >= 4 is 0 Å². The first-order valence-corrected chi connectivity index (χ1v) is 18.8. The Kier molecular flexibility index (Phi) is 13.6. The monoisotopic (exact) mass is 688 g/mol. The van der Waals surface area contributed by atoms with Crippen LogP contribution in [0.15, 0.2) is 72.8 Å². The Bertz CT molecular complexity index is 2040. The van der Waals surface area contributed by atoms with Crippen LogP contribution in [0.25, 0.3) is 0 Å². The van der Waals surface area contributed by atoms with Gasteiger partial charge in [0.2, 0.25) is 0 Å². The predicted molar refractivity (Wildman–Crippen MR) is 213 cm³/mol. The van der Waals surface area contributed by atoms with E-state index in [1.807, 2.05) is 24.3 Å². The Balaban J connectivity index is 0.000000201. The van der Waals surface area contributed by atoms with Crippen molar-refractivity contribution in [2.75, 3.05) is 0 Å². The molecule has 0 nitrogen and oxygen atoms in total. The van der Waals surface area contributed by atoms with Gasteiger partial charge in [-0.1, -0.05) is 78.9 Å². The molecule has 0 heterocycles. The molecule has 2 aliphatic carbocycles. The van der Waals surface area contributed by atoms with Crippen molar-refractivity contribution in [2.45, 2.75) is 92.9 Å². The molecule has 0 bridgehead atoms. The van der Waals surface area contributed by atoms with Gasteiger partial charge in [-0.25, -0.2) is 8.78 Å². The van der Waals surface area contributed by atoms with E-state index >= 15 is 0 Å². The van der Waals surface area contributed by atoms with Gasteiger partial charge >= 0.3 is 0 Å². The lowest BCUT2D eigenvalue weighted by molar-refractivity contribution is 0.337. The summed E-state index contributed by atoms with van der Waals surface area (Å²) in [5.41, 5.74) is 9.20. The second kappa shape index (κ2) is 18.5. The summed E-state index contributed by atoms with van der Waals surface area (Å²) in [4.78, 5) is 0. The summed E-state index contributed by atoms with van der Waals surface area (Å²) in [6, 6.07) is 22.9. The second-order valence-electron chi connectivity index (χ2n) is 14.9. The van der Waals surface area contributed by atoms with Crippen LogP contribution in [0.3, 0.4) is 0 Å². The molecule has 4 aromatic carbocycles. The molecule has 0 aliphatic heterocycles. The standard InChI is InChI=1S/C26H28.C24H22F2/c1-19-5-7-23(8-6-19)9-10-24-11-13-25(14-12-24)15-16-26-21(3)17-20(2)18-22(26)4;1-17-3-5-19(6-4-17)7-8-20-9-11-21(12-10-20)13-14-22-15-23(25)18(2)24(26)16-22/h11-14,17-19,23H,5-8H2,1-4H3;9-12,15-17,19H,3-6H2,1-2H3. The highest BCUT2D eigenvalue weighted by molar-refractivity contribution is 5.52. The van der Waals surface area contributed by atoms with Crippen molar-refractivity contribution in [1.82, 2.24) is 0 Å². The first kappa shape index (κ1) is 38.2. The zero-order chi connectivity index (χ0) is 37.0. The normalized spacial score (nSPS) is 19.1. The van der Waals surface area contributed by atoms with Gasteiger partial charge in [0.05, 0.1) is 0 Å². The summed E-state index contributed by atoms with van der Waals surface area (Å²) >= 11 is 0. The zero-order valence-corrected chi connectivity index (χ0v) is 31.7. The minimum Gasteiger partial charge on any atom is -0.207 e. The summed E-state index contributed by atoms with van der Waals surface area (Å²) in [7, 11) is 0. The Morgan fingerprint density at radius 2 is 0.788 bits per heavy atom. The number of rotatable bonds is 0. The molecule has 2 fully saturated rings. The first-order chi connectivity index (χ1) is 25.0. The maximum absolute atomic E-state index is 13.6. The molecule has 0 N–H and O–H groups in total. The fraction of sp³-hybridized carbons (Fsp3) is 0.360. The molecule has 0 radical (unpaired) electrons. The topological polar surface area (TPSA) is 0 Å². The number of hydrogen-bond donors (Lipinski definition) is 0. The van der Waals surface area contributed by atoms with E-state index in [1.54, 1.807) is 0 Å². The first-order valence-electron chi connectivity index (χ1n) is 18.8. The summed E-state index contributed by atoms with van der Waals surface area (Å²) in [6.45, 7) is 12.5. The van der Waals surface area contributed by atoms with Crippen LogP contribution < -0.4 is 0 Å². The number of hydrogen-bond acceptors (Lipinski definition) is 0. The molecule has 2 heteroatoms. The van der Waals surface area contributed by atoms with Gasteiger partial charge in [-0.05, 0) is 163 Å². The minimum absolute atomic E-state index is 0.0194. The van der Waals surface area contributed by atoms with Crippen LogP contribution in [0.5, 0.6) is 0 Å². The van der Waals surface area contributed by atoms with Gasteiger partial charge < -0.3 is 0 Å². The van der Waals surface area contributed by atoms with Crippen LogP contribution in [-0.2, 0) is 0 Å². The molecule has 0 saturated heterocycles. The number of halogens is 2. The lowest BCUT2D eigenvalue weighted by atomic mass is 9.83. The molecule has 0 atom stereocenters. The lowest BCUT2D eigenvalue weighted by Gasteiger charge is -2.21. The lowest BCUT2D eigenvalue weighted by Crippen LogP contribution is -2.10. The Hall–Kier alpha value is -5.02. The van der Waals surface area contributed by atoms with Crippen LogP contribution in [0.4, 0.5) is 8.78 Å². The van der Waals surface area contributed by atoms with E-state index in [2.05, 4.69) is 118 Å². The van der Waals surface area contributed by atoms with Crippen LogP contribution in [0, 0.1) is 110 Å². The average molecular weight is 689 g/mol. The molecule has 264 valence electrons.